The van der Waals surface area contributed by atoms with Crippen LogP contribution < -0.4 is 4.74 Å². The van der Waals surface area contributed by atoms with Gasteiger partial charge in [-0.1, -0.05) is 18.2 Å². The van der Waals surface area contributed by atoms with E-state index in [1.165, 1.54) is 18.6 Å². The number of phenols is 1. The van der Waals surface area contributed by atoms with Crippen LogP contribution in [0.3, 0.4) is 0 Å². The molecule has 0 saturated carbocycles. The van der Waals surface area contributed by atoms with Crippen molar-refractivity contribution < 1.29 is 24.9 Å². The summed E-state index contributed by atoms with van der Waals surface area (Å²) in [6.45, 7) is 6.07. The van der Waals surface area contributed by atoms with Crippen molar-refractivity contribution in [2.24, 2.45) is 11.8 Å². The average Bonchev–Trinajstić information content (AvgIpc) is 2.88. The van der Waals surface area contributed by atoms with E-state index >= 15 is 0 Å². The third-order valence-corrected chi connectivity index (χ3v) is 6.95. The number of pyridine rings is 1. The second kappa shape index (κ2) is 10.2. The van der Waals surface area contributed by atoms with Gasteiger partial charge in [-0.3, -0.25) is 9.88 Å². The molecule has 7 heteroatoms. The molecule has 6 rings (SSSR count). The highest BCUT2D eigenvalue weighted by molar-refractivity contribution is 5.90. The predicted octanol–water partition coefficient (Wildman–Crippen LogP) is 4.26. The number of aromatic nitrogens is 1. The van der Waals surface area contributed by atoms with Gasteiger partial charge in [0.2, 0.25) is 0 Å². The number of hydrogen-bond donors (Lipinski definition) is 3. The van der Waals surface area contributed by atoms with Gasteiger partial charge in [0, 0.05) is 24.2 Å². The predicted molar refractivity (Wildman–Crippen MR) is 130 cm³/mol. The Labute approximate surface area is 198 Å². The number of rotatable bonds is 5. The number of aromatic carboxylic acids is 1. The summed E-state index contributed by atoms with van der Waals surface area (Å²) in [6, 6.07) is 13.8. The average molecular weight is 463 g/mol. The molecule has 34 heavy (non-hydrogen) atoms. The minimum absolute atomic E-state index is 0.0671. The van der Waals surface area contributed by atoms with Crippen LogP contribution in [0.2, 0.25) is 0 Å². The van der Waals surface area contributed by atoms with E-state index in [-0.39, 0.29) is 17.4 Å². The maximum Gasteiger partial charge on any atom is 0.339 e. The van der Waals surface area contributed by atoms with Gasteiger partial charge in [-0.15, -0.1) is 6.58 Å². The highest BCUT2D eigenvalue weighted by atomic mass is 16.5. The van der Waals surface area contributed by atoms with Gasteiger partial charge in [-0.2, -0.15) is 0 Å². The number of aliphatic hydroxyl groups excluding tert-OH is 1. The SMILES string of the molecule is C=C[C@H]1CN2CC[C@@H]1C[C@@H]2[C@H](O)c1ccnc2ccc(OC)cc12.O=C(O)c1ccccc1O. The number of hydrogen-bond acceptors (Lipinski definition) is 6. The maximum atomic E-state index is 11.2. The number of carbonyl (C=O) groups is 1. The fourth-order valence-corrected chi connectivity index (χ4v) is 5.10. The number of piperidine rings is 3. The lowest BCUT2D eigenvalue weighted by Crippen LogP contribution is -2.54. The topological polar surface area (TPSA) is 103 Å². The Morgan fingerprint density at radius 3 is 2.68 bits per heavy atom. The Kier molecular flexibility index (Phi) is 7.14. The van der Waals surface area contributed by atoms with E-state index in [1.807, 2.05) is 24.3 Å². The summed E-state index contributed by atoms with van der Waals surface area (Å²) in [5.74, 6) is 0.695. The summed E-state index contributed by atoms with van der Waals surface area (Å²) in [4.78, 5) is 17.1. The molecule has 3 saturated heterocycles. The number of aromatic hydroxyl groups is 1. The molecule has 7 nitrogen and oxygen atoms in total. The lowest BCUT2D eigenvalue weighted by molar-refractivity contribution is -0.0444. The summed E-state index contributed by atoms with van der Waals surface area (Å²) >= 11 is 0. The molecule has 0 spiro atoms. The standard InChI is InChI=1S/C20H24N2O2.C7H6O3/c1-3-13-12-22-9-7-14(13)10-19(22)20(23)16-6-8-21-18-5-4-15(24-2)11-17(16)18;8-6-4-2-1-3-5(6)7(9)10/h3-6,8,11,13-14,19-20,23H,1,7,9-10,12H2,2H3;1-4,8H,(H,9,10)/t13-,14+,19+,20+;/m0./s1. The second-order valence-electron chi connectivity index (χ2n) is 8.80. The van der Waals surface area contributed by atoms with Crippen molar-refractivity contribution >= 4 is 16.9 Å². The van der Waals surface area contributed by atoms with E-state index in [0.29, 0.717) is 11.8 Å². The Balaban J connectivity index is 0.000000231. The van der Waals surface area contributed by atoms with E-state index in [9.17, 15) is 9.90 Å². The lowest BCUT2D eigenvalue weighted by Gasteiger charge is -2.50. The fraction of sp³-hybridized carbons (Fsp3) is 0.333. The summed E-state index contributed by atoms with van der Waals surface area (Å²) in [5, 5.41) is 29.4. The molecule has 3 N–H and O–H groups in total. The first-order valence-corrected chi connectivity index (χ1v) is 11.4. The Morgan fingerprint density at radius 1 is 1.26 bits per heavy atom. The first kappa shape index (κ1) is 23.7. The van der Waals surface area contributed by atoms with Crippen molar-refractivity contribution in [1.29, 1.82) is 0 Å². The first-order chi connectivity index (χ1) is 16.4. The molecule has 3 aliphatic rings. The van der Waals surface area contributed by atoms with Gasteiger partial charge < -0.3 is 20.1 Å². The first-order valence-electron chi connectivity index (χ1n) is 11.4. The monoisotopic (exact) mass is 462 g/mol. The highest BCUT2D eigenvalue weighted by Crippen LogP contribution is 2.42. The molecule has 0 radical (unpaired) electrons. The second-order valence-corrected chi connectivity index (χ2v) is 8.80. The van der Waals surface area contributed by atoms with Crippen LogP contribution in [0.4, 0.5) is 0 Å². The Bertz CT molecular complexity index is 1180. The third kappa shape index (κ3) is 4.76. The van der Waals surface area contributed by atoms with Crippen LogP contribution in [0.25, 0.3) is 10.9 Å². The van der Waals surface area contributed by atoms with Gasteiger partial charge >= 0.3 is 5.97 Å². The number of aliphatic hydroxyl groups is 1. The van der Waals surface area contributed by atoms with Crippen LogP contribution in [0.5, 0.6) is 11.5 Å². The van der Waals surface area contributed by atoms with Crippen molar-refractivity contribution in [2.45, 2.75) is 25.0 Å². The van der Waals surface area contributed by atoms with E-state index < -0.39 is 12.1 Å². The Hall–Kier alpha value is -3.42. The summed E-state index contributed by atoms with van der Waals surface area (Å²) in [6.07, 6.45) is 5.62. The fourth-order valence-electron chi connectivity index (χ4n) is 5.10. The van der Waals surface area contributed by atoms with Crippen molar-refractivity contribution in [1.82, 2.24) is 9.88 Å². The molecule has 1 aromatic heterocycles. The largest absolute Gasteiger partial charge is 0.507 e. The van der Waals surface area contributed by atoms with Gasteiger partial charge in [0.15, 0.2) is 0 Å². The number of carboxylic acids is 1. The molecule has 0 aliphatic carbocycles. The van der Waals surface area contributed by atoms with E-state index in [0.717, 1.165) is 41.7 Å². The molecule has 178 valence electrons. The lowest BCUT2D eigenvalue weighted by atomic mass is 9.73. The minimum atomic E-state index is -1.11. The number of benzene rings is 2. The molecule has 3 aromatic rings. The highest BCUT2D eigenvalue weighted by Gasteiger charge is 2.42. The zero-order valence-corrected chi connectivity index (χ0v) is 19.2. The van der Waals surface area contributed by atoms with Gasteiger partial charge in [-0.05, 0) is 73.2 Å². The van der Waals surface area contributed by atoms with Crippen LogP contribution in [0, 0.1) is 11.8 Å². The van der Waals surface area contributed by atoms with Crippen LogP contribution >= 0.6 is 0 Å². The number of ether oxygens (including phenoxy) is 1. The van der Waals surface area contributed by atoms with Crippen LogP contribution in [0.1, 0.15) is 34.9 Å². The molecular formula is C27H30N2O5. The zero-order valence-electron chi connectivity index (χ0n) is 19.2. The van der Waals surface area contributed by atoms with E-state index in [2.05, 4.69) is 22.5 Å². The third-order valence-electron chi connectivity index (χ3n) is 6.95. The number of nitrogens with zero attached hydrogens (tertiary/aromatic N) is 2. The van der Waals surface area contributed by atoms with Crippen LogP contribution in [-0.4, -0.2) is 57.4 Å². The quantitative estimate of drug-likeness (QED) is 0.487. The molecular weight excluding hydrogens is 432 g/mol. The van der Waals surface area contributed by atoms with E-state index in [1.54, 1.807) is 25.4 Å². The number of para-hydroxylation sites is 1. The smallest absolute Gasteiger partial charge is 0.339 e. The number of fused-ring (bicyclic) bond motifs is 4. The van der Waals surface area contributed by atoms with Gasteiger partial charge in [0.25, 0.3) is 0 Å². The Morgan fingerprint density at radius 2 is 2.06 bits per heavy atom. The molecule has 5 atom stereocenters. The molecule has 2 bridgehead atoms. The van der Waals surface area contributed by atoms with Crippen molar-refractivity contribution in [3.05, 3.63) is 78.5 Å². The molecule has 3 fully saturated rings. The summed E-state index contributed by atoms with van der Waals surface area (Å²) < 4.78 is 5.35. The van der Waals surface area contributed by atoms with Gasteiger partial charge in [0.05, 0.1) is 18.7 Å². The van der Waals surface area contributed by atoms with Crippen molar-refractivity contribution in [3.63, 3.8) is 0 Å². The molecule has 1 unspecified atom stereocenters. The summed E-state index contributed by atoms with van der Waals surface area (Å²) in [5.41, 5.74) is 1.78. The normalized spacial score (nSPS) is 24.1. The summed E-state index contributed by atoms with van der Waals surface area (Å²) in [7, 11) is 1.66. The van der Waals surface area contributed by atoms with Crippen molar-refractivity contribution in [2.75, 3.05) is 20.2 Å². The van der Waals surface area contributed by atoms with Crippen molar-refractivity contribution in [3.8, 4) is 11.5 Å². The van der Waals surface area contributed by atoms with Crippen LogP contribution in [0.15, 0.2) is 67.4 Å². The molecule has 0 amide bonds. The molecule has 2 aromatic carbocycles. The number of carboxylic acid groups (broad SMARTS) is 1. The zero-order chi connectivity index (χ0) is 24.2. The van der Waals surface area contributed by atoms with E-state index in [4.69, 9.17) is 14.9 Å². The number of methoxy groups -OCH3 is 1. The minimum Gasteiger partial charge on any atom is -0.507 e. The van der Waals surface area contributed by atoms with Gasteiger partial charge in [0.1, 0.15) is 17.1 Å². The van der Waals surface area contributed by atoms with Crippen LogP contribution in [-0.2, 0) is 0 Å². The van der Waals surface area contributed by atoms with Gasteiger partial charge in [-0.25, -0.2) is 4.79 Å². The molecule has 3 aliphatic heterocycles. The maximum absolute atomic E-state index is 11.2. The molecule has 4 heterocycles.